The summed E-state index contributed by atoms with van der Waals surface area (Å²) in [6.45, 7) is 6.84. The summed E-state index contributed by atoms with van der Waals surface area (Å²) in [5.41, 5.74) is 1.34. The number of carbonyl (C=O) groups excluding carboxylic acids is 1. The minimum atomic E-state index is -0.128. The zero-order valence-electron chi connectivity index (χ0n) is 17.5. The van der Waals surface area contributed by atoms with Crippen molar-refractivity contribution in [2.45, 2.75) is 51.5 Å². The number of nitrogens with one attached hydrogen (secondary N) is 2. The molecule has 1 fully saturated rings. The predicted octanol–water partition coefficient (Wildman–Crippen LogP) is 3.11. The maximum absolute atomic E-state index is 11.1. The van der Waals surface area contributed by atoms with Crippen LogP contribution in [0.1, 0.15) is 57.1 Å². The van der Waals surface area contributed by atoms with E-state index in [1.165, 1.54) is 25.5 Å². The monoisotopic (exact) mass is 388 g/mol. The molecule has 1 aliphatic heterocycles. The largest absolute Gasteiger partial charge is 0.469 e. The molecule has 28 heavy (non-hydrogen) atoms. The Morgan fingerprint density at radius 1 is 1.14 bits per heavy atom. The van der Waals surface area contributed by atoms with Crippen molar-refractivity contribution in [2.24, 2.45) is 4.99 Å². The van der Waals surface area contributed by atoms with Gasteiger partial charge in [0.2, 0.25) is 0 Å². The van der Waals surface area contributed by atoms with Gasteiger partial charge in [-0.1, -0.05) is 36.8 Å². The average molecular weight is 389 g/mol. The lowest BCUT2D eigenvalue weighted by atomic mass is 10.1. The van der Waals surface area contributed by atoms with Crippen molar-refractivity contribution < 1.29 is 9.53 Å². The van der Waals surface area contributed by atoms with Crippen LogP contribution in [0.25, 0.3) is 0 Å². The lowest BCUT2D eigenvalue weighted by Crippen LogP contribution is -2.38. The number of rotatable bonds is 11. The summed E-state index contributed by atoms with van der Waals surface area (Å²) in [6, 6.07) is 11.0. The summed E-state index contributed by atoms with van der Waals surface area (Å²) < 4.78 is 4.67. The molecule has 0 spiro atoms. The van der Waals surface area contributed by atoms with Gasteiger partial charge < -0.3 is 15.4 Å². The molecular weight excluding hydrogens is 352 g/mol. The number of hydrogen-bond donors (Lipinski definition) is 2. The molecule has 0 amide bonds. The van der Waals surface area contributed by atoms with E-state index in [9.17, 15) is 4.79 Å². The summed E-state index contributed by atoms with van der Waals surface area (Å²) >= 11 is 0. The molecule has 0 radical (unpaired) electrons. The van der Waals surface area contributed by atoms with Crippen molar-refractivity contribution in [3.8, 4) is 0 Å². The first-order valence-corrected chi connectivity index (χ1v) is 10.6. The normalized spacial score (nSPS) is 16.0. The zero-order chi connectivity index (χ0) is 20.0. The number of aliphatic imine (C=N–C) groups is 1. The number of benzene rings is 1. The second-order valence-corrected chi connectivity index (χ2v) is 7.20. The minimum absolute atomic E-state index is 0.128. The predicted molar refractivity (Wildman–Crippen MR) is 114 cm³/mol. The molecule has 1 aliphatic rings. The molecule has 1 atom stereocenters. The Morgan fingerprint density at radius 2 is 1.89 bits per heavy atom. The molecule has 2 rings (SSSR count). The Labute approximate surface area is 169 Å². The molecule has 0 aromatic heterocycles. The fourth-order valence-corrected chi connectivity index (χ4v) is 3.56. The quantitative estimate of drug-likeness (QED) is 0.264. The number of guanidine groups is 1. The van der Waals surface area contributed by atoms with E-state index in [4.69, 9.17) is 4.99 Å². The maximum atomic E-state index is 11.1. The van der Waals surface area contributed by atoms with Crippen LogP contribution in [0.3, 0.4) is 0 Å². The lowest BCUT2D eigenvalue weighted by Gasteiger charge is -2.27. The van der Waals surface area contributed by atoms with Crippen LogP contribution >= 0.6 is 0 Å². The first-order valence-electron chi connectivity index (χ1n) is 10.6. The summed E-state index contributed by atoms with van der Waals surface area (Å²) in [5, 5.41) is 6.77. The van der Waals surface area contributed by atoms with Crippen molar-refractivity contribution in [2.75, 3.05) is 39.8 Å². The number of methoxy groups -OCH3 is 1. The van der Waals surface area contributed by atoms with E-state index in [0.29, 0.717) is 12.5 Å². The van der Waals surface area contributed by atoms with Crippen LogP contribution in [-0.4, -0.2) is 56.7 Å². The highest BCUT2D eigenvalue weighted by atomic mass is 16.5. The van der Waals surface area contributed by atoms with Crippen molar-refractivity contribution in [1.29, 1.82) is 0 Å². The van der Waals surface area contributed by atoms with E-state index in [-0.39, 0.29) is 5.97 Å². The third kappa shape index (κ3) is 7.89. The second-order valence-electron chi connectivity index (χ2n) is 7.20. The summed E-state index contributed by atoms with van der Waals surface area (Å²) in [5.74, 6) is 0.743. The summed E-state index contributed by atoms with van der Waals surface area (Å²) in [4.78, 5) is 18.6. The standard InChI is InChI=1S/C22H36N4O2/c1-3-23-22(24-15-9-5-8-14-21(27)28-2)25-18-20(26-16-10-11-17-26)19-12-6-4-7-13-19/h4,6-7,12-13,20H,3,5,8-11,14-18H2,1-2H3,(H2,23,24,25). The summed E-state index contributed by atoms with van der Waals surface area (Å²) in [7, 11) is 1.44. The Balaban J connectivity index is 1.85. The SMILES string of the molecule is CCNC(=NCC(c1ccccc1)N1CCCC1)NCCCCCC(=O)OC. The molecule has 1 aromatic carbocycles. The minimum Gasteiger partial charge on any atom is -0.469 e. The molecule has 156 valence electrons. The Kier molecular flexibility index (Phi) is 10.4. The van der Waals surface area contributed by atoms with Crippen LogP contribution in [-0.2, 0) is 9.53 Å². The zero-order valence-corrected chi connectivity index (χ0v) is 17.5. The Morgan fingerprint density at radius 3 is 2.57 bits per heavy atom. The van der Waals surface area contributed by atoms with Crippen molar-refractivity contribution >= 4 is 11.9 Å². The second kappa shape index (κ2) is 13.2. The van der Waals surface area contributed by atoms with Gasteiger partial charge in [-0.2, -0.15) is 0 Å². The molecule has 1 saturated heterocycles. The molecule has 6 nitrogen and oxygen atoms in total. The van der Waals surface area contributed by atoms with Crippen LogP contribution in [0.2, 0.25) is 0 Å². The third-order valence-corrected chi connectivity index (χ3v) is 5.11. The molecular formula is C22H36N4O2. The van der Waals surface area contributed by atoms with Gasteiger partial charge in [-0.15, -0.1) is 0 Å². The highest BCUT2D eigenvalue weighted by Crippen LogP contribution is 2.25. The van der Waals surface area contributed by atoms with Crippen molar-refractivity contribution in [1.82, 2.24) is 15.5 Å². The third-order valence-electron chi connectivity index (χ3n) is 5.11. The van der Waals surface area contributed by atoms with Gasteiger partial charge >= 0.3 is 5.97 Å². The molecule has 1 unspecified atom stereocenters. The van der Waals surface area contributed by atoms with Gasteiger partial charge in [0.05, 0.1) is 19.7 Å². The first kappa shape index (κ1) is 22.2. The van der Waals surface area contributed by atoms with Crippen LogP contribution in [0.5, 0.6) is 0 Å². The van der Waals surface area contributed by atoms with Crippen LogP contribution < -0.4 is 10.6 Å². The Hall–Kier alpha value is -2.08. The van der Waals surface area contributed by atoms with E-state index in [1.807, 2.05) is 0 Å². The molecule has 1 heterocycles. The molecule has 0 saturated carbocycles. The number of esters is 1. The number of hydrogen-bond acceptors (Lipinski definition) is 4. The highest BCUT2D eigenvalue weighted by molar-refractivity contribution is 5.79. The van der Waals surface area contributed by atoms with Crippen molar-refractivity contribution in [3.63, 3.8) is 0 Å². The molecule has 0 aliphatic carbocycles. The highest BCUT2D eigenvalue weighted by Gasteiger charge is 2.23. The fourth-order valence-electron chi connectivity index (χ4n) is 3.56. The van der Waals surface area contributed by atoms with Gasteiger partial charge in [0, 0.05) is 19.5 Å². The number of unbranched alkanes of at least 4 members (excludes halogenated alkanes) is 2. The number of carbonyl (C=O) groups is 1. The molecule has 1 aromatic rings. The lowest BCUT2D eigenvalue weighted by molar-refractivity contribution is -0.140. The van der Waals surface area contributed by atoms with Crippen molar-refractivity contribution in [3.05, 3.63) is 35.9 Å². The van der Waals surface area contributed by atoms with E-state index >= 15 is 0 Å². The average Bonchev–Trinajstić information content (AvgIpc) is 3.25. The van der Waals surface area contributed by atoms with Gasteiger partial charge in [0.1, 0.15) is 0 Å². The van der Waals surface area contributed by atoms with Crippen LogP contribution in [0.15, 0.2) is 35.3 Å². The molecule has 0 bridgehead atoms. The maximum Gasteiger partial charge on any atom is 0.305 e. The molecule has 6 heteroatoms. The van der Waals surface area contributed by atoms with Crippen LogP contribution in [0, 0.1) is 0 Å². The first-order chi connectivity index (χ1) is 13.7. The van der Waals surface area contributed by atoms with E-state index in [0.717, 1.165) is 57.9 Å². The van der Waals surface area contributed by atoms with E-state index in [2.05, 4.69) is 57.5 Å². The number of likely N-dealkylation sites (tertiary alicyclic amines) is 1. The Bertz CT molecular complexity index is 585. The van der Waals surface area contributed by atoms with Gasteiger partial charge in [-0.25, -0.2) is 0 Å². The van der Waals surface area contributed by atoms with Gasteiger partial charge in [0.25, 0.3) is 0 Å². The van der Waals surface area contributed by atoms with Gasteiger partial charge in [-0.3, -0.25) is 14.7 Å². The van der Waals surface area contributed by atoms with Gasteiger partial charge in [0.15, 0.2) is 5.96 Å². The smallest absolute Gasteiger partial charge is 0.305 e. The van der Waals surface area contributed by atoms with Gasteiger partial charge in [-0.05, 0) is 51.3 Å². The molecule has 2 N–H and O–H groups in total. The van der Waals surface area contributed by atoms with Crippen LogP contribution in [0.4, 0.5) is 0 Å². The summed E-state index contributed by atoms with van der Waals surface area (Å²) in [6.07, 6.45) is 5.93. The van der Waals surface area contributed by atoms with E-state index in [1.54, 1.807) is 0 Å². The number of nitrogens with zero attached hydrogens (tertiary/aromatic N) is 2. The number of ether oxygens (including phenoxy) is 1. The fraction of sp³-hybridized carbons (Fsp3) is 0.636. The van der Waals surface area contributed by atoms with E-state index < -0.39 is 0 Å². The topological polar surface area (TPSA) is 66.0 Å².